The van der Waals surface area contributed by atoms with Crippen molar-refractivity contribution in [2.75, 3.05) is 6.54 Å². The topological polar surface area (TPSA) is 88.3 Å². The molecule has 22 heavy (non-hydrogen) atoms. The summed E-state index contributed by atoms with van der Waals surface area (Å²) in [5.41, 5.74) is 0. The number of fused-ring (bicyclic) bond motifs is 2. The Morgan fingerprint density at radius 3 is 2.41 bits per heavy atom. The molecule has 2 aliphatic rings. The number of aliphatic imine (C=N–C) groups is 3. The Morgan fingerprint density at radius 1 is 1.09 bits per heavy atom. The van der Waals surface area contributed by atoms with E-state index in [1.165, 1.54) is 0 Å². The van der Waals surface area contributed by atoms with Crippen molar-refractivity contribution in [3.63, 3.8) is 0 Å². The molecule has 0 saturated heterocycles. The van der Waals surface area contributed by atoms with E-state index < -0.39 is 0 Å². The first-order chi connectivity index (χ1) is 10.7. The molecule has 0 N–H and O–H groups in total. The summed E-state index contributed by atoms with van der Waals surface area (Å²) in [6.45, 7) is 4.36. The van der Waals surface area contributed by atoms with Crippen molar-refractivity contribution in [2.24, 2.45) is 44.6 Å². The van der Waals surface area contributed by atoms with Crippen LogP contribution in [0.5, 0.6) is 0 Å². The van der Waals surface area contributed by atoms with Gasteiger partial charge < -0.3 is 0 Å². The molecule has 0 amide bonds. The third-order valence-electron chi connectivity index (χ3n) is 5.61. The highest BCUT2D eigenvalue weighted by Gasteiger charge is 2.55. The molecule has 0 aromatic heterocycles. The first-order valence-corrected chi connectivity index (χ1v) is 7.85. The van der Waals surface area contributed by atoms with Crippen molar-refractivity contribution < 1.29 is 14.4 Å². The van der Waals surface area contributed by atoms with Crippen LogP contribution in [-0.4, -0.2) is 36.9 Å². The summed E-state index contributed by atoms with van der Waals surface area (Å²) < 4.78 is 0. The average Bonchev–Trinajstić information content (AvgIpc) is 3.09. The van der Waals surface area contributed by atoms with Crippen LogP contribution in [-0.2, 0) is 14.4 Å². The summed E-state index contributed by atoms with van der Waals surface area (Å²) >= 11 is 0. The molecule has 2 rings (SSSR count). The van der Waals surface area contributed by atoms with Gasteiger partial charge in [-0.3, -0.25) is 0 Å². The predicted octanol–water partition coefficient (Wildman–Crippen LogP) is 2.05. The van der Waals surface area contributed by atoms with Gasteiger partial charge in [-0.05, 0) is 55.8 Å². The molecule has 6 heteroatoms. The van der Waals surface area contributed by atoms with Gasteiger partial charge in [0.1, 0.15) is 0 Å². The Morgan fingerprint density at radius 2 is 1.82 bits per heavy atom. The molecule has 0 heterocycles. The van der Waals surface area contributed by atoms with Gasteiger partial charge in [-0.2, -0.15) is 0 Å². The highest BCUT2D eigenvalue weighted by atomic mass is 16.1. The average molecular weight is 303 g/mol. The maximum Gasteiger partial charge on any atom is 0.235 e. The van der Waals surface area contributed by atoms with Crippen LogP contribution >= 0.6 is 0 Å². The second kappa shape index (κ2) is 7.42. The first-order valence-electron chi connectivity index (χ1n) is 7.85. The van der Waals surface area contributed by atoms with Gasteiger partial charge in [0.25, 0.3) is 0 Å². The Hall–Kier alpha value is -1.86. The second-order valence-electron chi connectivity index (χ2n) is 6.39. The molecule has 0 radical (unpaired) electrons. The van der Waals surface area contributed by atoms with Gasteiger partial charge in [-0.1, -0.05) is 6.92 Å². The normalized spacial score (nSPS) is 34.9. The number of nitrogens with zero attached hydrogens (tertiary/aromatic N) is 3. The highest BCUT2D eigenvalue weighted by Crippen LogP contribution is 2.58. The minimum absolute atomic E-state index is 0.0641. The minimum atomic E-state index is -0.0646. The molecule has 6 nitrogen and oxygen atoms in total. The Balaban J connectivity index is 2.25. The number of hydrogen-bond acceptors (Lipinski definition) is 6. The van der Waals surface area contributed by atoms with Crippen molar-refractivity contribution in [3.05, 3.63) is 0 Å². The zero-order valence-corrected chi connectivity index (χ0v) is 12.9. The largest absolute Gasteiger partial charge is 0.235 e. The quantitative estimate of drug-likeness (QED) is 0.532. The monoisotopic (exact) mass is 303 g/mol. The van der Waals surface area contributed by atoms with E-state index in [2.05, 4.69) is 15.0 Å². The van der Waals surface area contributed by atoms with Crippen molar-refractivity contribution in [1.82, 2.24) is 0 Å². The van der Waals surface area contributed by atoms with Crippen LogP contribution in [0.2, 0.25) is 0 Å². The van der Waals surface area contributed by atoms with Crippen LogP contribution < -0.4 is 0 Å². The van der Waals surface area contributed by atoms with E-state index in [1.807, 2.05) is 13.8 Å². The number of isocyanates is 3. The second-order valence-corrected chi connectivity index (χ2v) is 6.39. The van der Waals surface area contributed by atoms with Crippen LogP contribution in [0.4, 0.5) is 0 Å². The number of carbonyl (C=O) groups excluding carboxylic acids is 3. The van der Waals surface area contributed by atoms with Crippen LogP contribution in [0, 0.1) is 29.6 Å². The molecule has 0 aromatic rings. The smallest absolute Gasteiger partial charge is 0.211 e. The Labute approximate surface area is 129 Å². The highest BCUT2D eigenvalue weighted by molar-refractivity contribution is 5.35. The molecule has 7 unspecified atom stereocenters. The summed E-state index contributed by atoms with van der Waals surface area (Å²) in [5, 5.41) is 0. The Bertz CT molecular complexity index is 545. The predicted molar refractivity (Wildman–Crippen MR) is 79.5 cm³/mol. The molecule has 0 spiro atoms. The molecule has 0 aromatic carbocycles. The van der Waals surface area contributed by atoms with Gasteiger partial charge in [0, 0.05) is 0 Å². The van der Waals surface area contributed by atoms with Crippen LogP contribution in [0.15, 0.2) is 15.0 Å². The summed E-state index contributed by atoms with van der Waals surface area (Å²) in [4.78, 5) is 43.3. The molecule has 118 valence electrons. The van der Waals surface area contributed by atoms with Crippen molar-refractivity contribution >= 4 is 18.2 Å². The van der Waals surface area contributed by atoms with Crippen molar-refractivity contribution in [1.29, 1.82) is 0 Å². The molecular formula is C16H21N3O3. The summed E-state index contributed by atoms with van der Waals surface area (Å²) in [5.74, 6) is 1.55. The lowest BCUT2D eigenvalue weighted by molar-refractivity contribution is 0.131. The van der Waals surface area contributed by atoms with Gasteiger partial charge in [0.05, 0.1) is 18.6 Å². The molecule has 2 bridgehead atoms. The van der Waals surface area contributed by atoms with Gasteiger partial charge >= 0.3 is 0 Å². The molecule has 2 saturated carbocycles. The molecule has 2 fully saturated rings. The molecule has 2 aliphatic carbocycles. The van der Waals surface area contributed by atoms with Crippen molar-refractivity contribution in [2.45, 2.75) is 45.2 Å². The van der Waals surface area contributed by atoms with Gasteiger partial charge in [0.2, 0.25) is 18.2 Å². The maximum atomic E-state index is 10.7. The lowest BCUT2D eigenvalue weighted by Gasteiger charge is -2.38. The van der Waals surface area contributed by atoms with Crippen LogP contribution in [0.25, 0.3) is 0 Å². The lowest BCUT2D eigenvalue weighted by Crippen LogP contribution is -2.39. The van der Waals surface area contributed by atoms with E-state index in [4.69, 9.17) is 0 Å². The van der Waals surface area contributed by atoms with Crippen molar-refractivity contribution in [3.8, 4) is 0 Å². The van der Waals surface area contributed by atoms with Gasteiger partial charge in [0.15, 0.2) is 0 Å². The van der Waals surface area contributed by atoms with E-state index in [-0.39, 0.29) is 23.9 Å². The van der Waals surface area contributed by atoms with E-state index in [9.17, 15) is 14.4 Å². The third kappa shape index (κ3) is 3.00. The SMILES string of the molecule is CCC(N=C=O)C1C2CC(C(C)N=C=O)C(C2)C1CN=C=O. The zero-order chi connectivity index (χ0) is 16.1. The van der Waals surface area contributed by atoms with Crippen LogP contribution in [0.3, 0.4) is 0 Å². The third-order valence-corrected chi connectivity index (χ3v) is 5.61. The van der Waals surface area contributed by atoms with E-state index >= 15 is 0 Å². The molecular weight excluding hydrogens is 282 g/mol. The van der Waals surface area contributed by atoms with E-state index in [1.54, 1.807) is 18.2 Å². The number of rotatable bonds is 7. The fourth-order valence-corrected chi connectivity index (χ4v) is 4.84. The molecule has 7 atom stereocenters. The van der Waals surface area contributed by atoms with E-state index in [0.29, 0.717) is 24.3 Å². The number of hydrogen-bond donors (Lipinski definition) is 0. The maximum absolute atomic E-state index is 10.7. The summed E-state index contributed by atoms with van der Waals surface area (Å²) in [6.07, 6.45) is 7.72. The lowest BCUT2D eigenvalue weighted by atomic mass is 9.69. The Kier molecular flexibility index (Phi) is 5.57. The zero-order valence-electron chi connectivity index (χ0n) is 12.9. The standard InChI is InChI=1S/C16H21N3O3/c1-3-15(19-9-22)16-11-4-12(10(2)18-8-21)13(5-11)14(16)6-17-7-20/h10-16H,3-6H2,1-2H3. The fraction of sp³-hybridized carbons (Fsp3) is 0.812. The van der Waals surface area contributed by atoms with E-state index in [0.717, 1.165) is 19.3 Å². The minimum Gasteiger partial charge on any atom is -0.211 e. The summed E-state index contributed by atoms with van der Waals surface area (Å²) in [6, 6.07) is -0.129. The molecule has 0 aliphatic heterocycles. The van der Waals surface area contributed by atoms with Gasteiger partial charge in [-0.15, -0.1) is 0 Å². The first kappa shape index (κ1) is 16.5. The van der Waals surface area contributed by atoms with Crippen LogP contribution in [0.1, 0.15) is 33.1 Å². The van der Waals surface area contributed by atoms with Gasteiger partial charge in [-0.25, -0.2) is 29.4 Å². The fourth-order valence-electron chi connectivity index (χ4n) is 4.84. The summed E-state index contributed by atoms with van der Waals surface area (Å²) in [7, 11) is 0.